The van der Waals surface area contributed by atoms with Crippen LogP contribution in [0.3, 0.4) is 0 Å². The second-order valence-corrected chi connectivity index (χ2v) is 1.96. The number of aryl methyl sites for hydroxylation is 2. The Morgan fingerprint density at radius 2 is 2.33 bits per heavy atom. The van der Waals surface area contributed by atoms with Crippen LogP contribution in [0, 0.1) is 6.92 Å². The Morgan fingerprint density at radius 1 is 1.67 bits per heavy atom. The minimum Gasteiger partial charge on any atom is -0.481 e. The minimum absolute atomic E-state index is 0.829. The van der Waals surface area contributed by atoms with Crippen molar-refractivity contribution in [3.05, 3.63) is 11.8 Å². The average Bonchev–Trinajstić information content (AvgIpc) is 2.12. The van der Waals surface area contributed by atoms with Crippen LogP contribution in [0.25, 0.3) is 0 Å². The molecule has 1 heterocycles. The summed E-state index contributed by atoms with van der Waals surface area (Å²) in [6.45, 7) is 1.96. The summed E-state index contributed by atoms with van der Waals surface area (Å²) in [5, 5.41) is 3.98. The van der Waals surface area contributed by atoms with Gasteiger partial charge in [0.2, 0.25) is 5.88 Å². The maximum atomic E-state index is 5.02. The summed E-state index contributed by atoms with van der Waals surface area (Å²) in [5.74, 6) is 0.829. The molecule has 0 aliphatic rings. The third-order valence-electron chi connectivity index (χ3n) is 1.25. The van der Waals surface area contributed by atoms with Gasteiger partial charge in [-0.3, -0.25) is 0 Å². The van der Waals surface area contributed by atoms with Gasteiger partial charge >= 0.3 is 0 Å². The molecule has 0 radical (unpaired) electrons. The lowest BCUT2D eigenvalue weighted by atomic mass is 10.4. The van der Waals surface area contributed by atoms with E-state index in [1.54, 1.807) is 18.0 Å². The second kappa shape index (κ2) is 2.09. The fourth-order valence-electron chi connectivity index (χ4n) is 0.829. The normalized spacial score (nSPS) is 9.67. The van der Waals surface area contributed by atoms with E-state index in [2.05, 4.69) is 5.10 Å². The third-order valence-corrected chi connectivity index (χ3v) is 1.25. The quantitative estimate of drug-likeness (QED) is 0.555. The standard InChI is InChI=1S/C6H10N2O/c1-5-4-7-8(2)6(5)9-3/h4H,1-3H3. The first kappa shape index (κ1) is 6.13. The van der Waals surface area contributed by atoms with E-state index >= 15 is 0 Å². The van der Waals surface area contributed by atoms with E-state index in [-0.39, 0.29) is 0 Å². The van der Waals surface area contributed by atoms with Gasteiger partial charge in [-0.05, 0) is 6.92 Å². The smallest absolute Gasteiger partial charge is 0.214 e. The molecule has 1 rings (SSSR count). The molecule has 0 spiro atoms. The van der Waals surface area contributed by atoms with Crippen LogP contribution in [-0.2, 0) is 7.05 Å². The molecule has 0 fully saturated rings. The SMILES string of the molecule is COc1c(C)cnn1C. The molecule has 50 valence electrons. The van der Waals surface area contributed by atoms with Crippen molar-refractivity contribution >= 4 is 0 Å². The van der Waals surface area contributed by atoms with Crippen molar-refractivity contribution in [2.45, 2.75) is 6.92 Å². The molecule has 1 aromatic heterocycles. The Labute approximate surface area is 54.2 Å². The summed E-state index contributed by atoms with van der Waals surface area (Å²) >= 11 is 0. The van der Waals surface area contributed by atoms with E-state index < -0.39 is 0 Å². The van der Waals surface area contributed by atoms with Crippen LogP contribution in [0.15, 0.2) is 6.20 Å². The van der Waals surface area contributed by atoms with Gasteiger partial charge in [-0.2, -0.15) is 5.10 Å². The maximum Gasteiger partial charge on any atom is 0.214 e. The Hall–Kier alpha value is -0.990. The second-order valence-electron chi connectivity index (χ2n) is 1.96. The summed E-state index contributed by atoms with van der Waals surface area (Å²) < 4.78 is 6.72. The van der Waals surface area contributed by atoms with Crippen LogP contribution in [0.1, 0.15) is 5.56 Å². The van der Waals surface area contributed by atoms with Crippen LogP contribution in [-0.4, -0.2) is 16.9 Å². The Bertz CT molecular complexity index is 185. The first-order valence-electron chi connectivity index (χ1n) is 2.78. The Morgan fingerprint density at radius 3 is 2.56 bits per heavy atom. The van der Waals surface area contributed by atoms with E-state index in [0.29, 0.717) is 0 Å². The molecule has 0 bridgehead atoms. The summed E-state index contributed by atoms with van der Waals surface area (Å²) in [6.07, 6.45) is 1.78. The fourth-order valence-corrected chi connectivity index (χ4v) is 0.829. The van der Waals surface area contributed by atoms with Crippen molar-refractivity contribution in [3.63, 3.8) is 0 Å². The lowest BCUT2D eigenvalue weighted by Gasteiger charge is -1.98. The van der Waals surface area contributed by atoms with E-state index in [0.717, 1.165) is 11.4 Å². The van der Waals surface area contributed by atoms with Crippen LogP contribution in [0.5, 0.6) is 5.88 Å². The molecule has 9 heavy (non-hydrogen) atoms. The number of aromatic nitrogens is 2. The summed E-state index contributed by atoms with van der Waals surface area (Å²) in [4.78, 5) is 0. The molecule has 0 aliphatic carbocycles. The monoisotopic (exact) mass is 126 g/mol. The first-order chi connectivity index (χ1) is 4.25. The van der Waals surface area contributed by atoms with Gasteiger partial charge in [-0.1, -0.05) is 0 Å². The fraction of sp³-hybridized carbons (Fsp3) is 0.500. The van der Waals surface area contributed by atoms with Gasteiger partial charge in [0.1, 0.15) is 0 Å². The number of rotatable bonds is 1. The molecular weight excluding hydrogens is 116 g/mol. The van der Waals surface area contributed by atoms with Crippen LogP contribution in [0.2, 0.25) is 0 Å². The van der Waals surface area contributed by atoms with Gasteiger partial charge in [0.25, 0.3) is 0 Å². The number of hydrogen-bond donors (Lipinski definition) is 0. The zero-order chi connectivity index (χ0) is 6.85. The number of ether oxygens (including phenoxy) is 1. The van der Waals surface area contributed by atoms with Crippen molar-refractivity contribution in [2.24, 2.45) is 7.05 Å². The first-order valence-corrected chi connectivity index (χ1v) is 2.78. The van der Waals surface area contributed by atoms with Crippen LogP contribution < -0.4 is 4.74 Å². The molecule has 0 aromatic carbocycles. The summed E-state index contributed by atoms with van der Waals surface area (Å²) in [7, 11) is 3.50. The molecule has 1 aromatic rings. The van der Waals surface area contributed by atoms with Crippen molar-refractivity contribution in [1.82, 2.24) is 9.78 Å². The van der Waals surface area contributed by atoms with E-state index in [1.807, 2.05) is 14.0 Å². The highest BCUT2D eigenvalue weighted by Gasteiger charge is 2.00. The van der Waals surface area contributed by atoms with Gasteiger partial charge in [-0.15, -0.1) is 0 Å². The van der Waals surface area contributed by atoms with E-state index in [4.69, 9.17) is 4.74 Å². The van der Waals surface area contributed by atoms with Crippen molar-refractivity contribution in [2.75, 3.05) is 7.11 Å². The lowest BCUT2D eigenvalue weighted by molar-refractivity contribution is 0.371. The maximum absolute atomic E-state index is 5.02. The highest BCUT2D eigenvalue weighted by atomic mass is 16.5. The van der Waals surface area contributed by atoms with Gasteiger partial charge < -0.3 is 4.74 Å². The van der Waals surface area contributed by atoms with Crippen molar-refractivity contribution < 1.29 is 4.74 Å². The van der Waals surface area contributed by atoms with Gasteiger partial charge in [0, 0.05) is 12.6 Å². The number of nitrogens with zero attached hydrogens (tertiary/aromatic N) is 2. The minimum atomic E-state index is 0.829. The van der Waals surface area contributed by atoms with Gasteiger partial charge in [-0.25, -0.2) is 4.68 Å². The predicted molar refractivity (Wildman–Crippen MR) is 34.5 cm³/mol. The summed E-state index contributed by atoms with van der Waals surface area (Å²) in [6, 6.07) is 0. The number of hydrogen-bond acceptors (Lipinski definition) is 2. The van der Waals surface area contributed by atoms with Crippen molar-refractivity contribution in [1.29, 1.82) is 0 Å². The molecule has 3 heteroatoms. The van der Waals surface area contributed by atoms with Gasteiger partial charge in [0.15, 0.2) is 0 Å². The lowest BCUT2D eigenvalue weighted by Crippen LogP contribution is -1.95. The van der Waals surface area contributed by atoms with E-state index in [9.17, 15) is 0 Å². The summed E-state index contributed by atoms with van der Waals surface area (Å²) in [5.41, 5.74) is 1.07. The average molecular weight is 126 g/mol. The topological polar surface area (TPSA) is 27.1 Å². The van der Waals surface area contributed by atoms with Crippen LogP contribution >= 0.6 is 0 Å². The zero-order valence-corrected chi connectivity index (χ0v) is 5.88. The largest absolute Gasteiger partial charge is 0.481 e. The molecule has 0 amide bonds. The van der Waals surface area contributed by atoms with E-state index in [1.165, 1.54) is 0 Å². The number of methoxy groups -OCH3 is 1. The molecular formula is C6H10N2O. The van der Waals surface area contributed by atoms with Crippen LogP contribution in [0.4, 0.5) is 0 Å². The predicted octanol–water partition coefficient (Wildman–Crippen LogP) is 0.737. The molecule has 0 aliphatic heterocycles. The molecule has 0 atom stereocenters. The van der Waals surface area contributed by atoms with Gasteiger partial charge in [0.05, 0.1) is 13.3 Å². The zero-order valence-electron chi connectivity index (χ0n) is 5.88. The Kier molecular flexibility index (Phi) is 1.42. The molecule has 0 unspecified atom stereocenters. The van der Waals surface area contributed by atoms with Crippen molar-refractivity contribution in [3.8, 4) is 5.88 Å². The molecule has 0 saturated heterocycles. The Balaban J connectivity index is 3.07. The molecule has 0 saturated carbocycles. The third kappa shape index (κ3) is 0.896. The molecule has 3 nitrogen and oxygen atoms in total. The molecule has 0 N–H and O–H groups in total. The highest BCUT2D eigenvalue weighted by Crippen LogP contribution is 2.13. The highest BCUT2D eigenvalue weighted by molar-refractivity contribution is 5.21.